The van der Waals surface area contributed by atoms with Crippen molar-refractivity contribution in [2.75, 3.05) is 0 Å². The molecule has 10 nitrogen and oxygen atoms in total. The summed E-state index contributed by atoms with van der Waals surface area (Å²) in [5.74, 6) is 7.40. The third-order valence-corrected chi connectivity index (χ3v) is 25.0. The fourth-order valence-electron chi connectivity index (χ4n) is 16.3. The Labute approximate surface area is 716 Å². The molecule has 0 amide bonds. The van der Waals surface area contributed by atoms with Crippen LogP contribution in [0.15, 0.2) is 146 Å². The lowest BCUT2D eigenvalue weighted by Gasteiger charge is -2.27. The van der Waals surface area contributed by atoms with Crippen molar-refractivity contribution in [2.45, 2.75) is 348 Å². The third kappa shape index (κ3) is 45.7. The second kappa shape index (κ2) is 64.7. The van der Waals surface area contributed by atoms with E-state index in [4.69, 9.17) is 23.7 Å². The van der Waals surface area contributed by atoms with Gasteiger partial charge in [0.1, 0.15) is 28.7 Å². The summed E-state index contributed by atoms with van der Waals surface area (Å²) < 4.78 is 27.4. The van der Waals surface area contributed by atoms with Crippen molar-refractivity contribution < 1.29 is 71.2 Å². The number of esters is 5. The maximum Gasteiger partial charge on any atom is 0.314 e. The summed E-state index contributed by atoms with van der Waals surface area (Å²) >= 11 is 21.2. The highest BCUT2D eigenvalue weighted by molar-refractivity contribution is 7.81. The highest BCUT2D eigenvalue weighted by Gasteiger charge is 2.32. The van der Waals surface area contributed by atoms with Gasteiger partial charge in [0, 0.05) is 24.5 Å². The van der Waals surface area contributed by atoms with Crippen molar-refractivity contribution >= 4 is 93.0 Å². The second-order valence-corrected chi connectivity index (χ2v) is 35.0. The summed E-state index contributed by atoms with van der Waals surface area (Å²) in [6, 6.07) is 36.5. The maximum atomic E-state index is 12.2. The van der Waals surface area contributed by atoms with Crippen LogP contribution < -0.4 is 23.7 Å². The van der Waals surface area contributed by atoms with Crippen LogP contribution >= 0.6 is 63.1 Å². The lowest BCUT2D eigenvalue weighted by atomic mass is 9.80. The molecule has 0 heterocycles. The van der Waals surface area contributed by atoms with E-state index in [0.29, 0.717) is 28.7 Å². The van der Waals surface area contributed by atoms with Gasteiger partial charge in [-0.2, -0.15) is 0 Å². The van der Waals surface area contributed by atoms with Gasteiger partial charge in [-0.3, -0.25) is 47.5 Å². The number of carbonyl (C=O) groups excluding carboxylic acids is 5. The number of thiol groups is 5. The number of rotatable bonds is 35. The first kappa shape index (κ1) is 108. The summed E-state index contributed by atoms with van der Waals surface area (Å²) in [6.45, 7) is 11.3. The van der Waals surface area contributed by atoms with E-state index in [1.807, 2.05) is 60.7 Å². The SMILES string of the molecule is CCCCCCC1CCC(C(=O)Oc2ccc(S)cc2)CC1.CCCCCCC1CCC(C(=O)Oc2ccc(S)cc2)CC1.CCCCCCC1CCC(C(=O)Oc2ccc(S)cc2)CC1.CCCCCCC1CCC(C(=O)Oc2ccc(S)cc2)CC1.CCCCCCC1CCC(C(=O)Oc2ccc(S)cc2)CC1.F.F.F.F.F. The van der Waals surface area contributed by atoms with Crippen molar-refractivity contribution in [1.82, 2.24) is 0 Å². The minimum absolute atomic E-state index is 0. The molecule has 5 aromatic carbocycles. The molecule has 5 saturated carbocycles. The molecule has 0 unspecified atom stereocenters. The number of unbranched alkanes of at least 4 members (excludes halogenated alkanes) is 15. The average molecular weight is 1700 g/mol. The Hall–Kier alpha value is -5.15. The zero-order valence-electron chi connectivity index (χ0n) is 70.0. The van der Waals surface area contributed by atoms with Crippen molar-refractivity contribution in [3.8, 4) is 28.7 Å². The minimum atomic E-state index is -0.0589. The van der Waals surface area contributed by atoms with Crippen LogP contribution in [0.25, 0.3) is 0 Å². The molecule has 650 valence electrons. The molecule has 0 aromatic heterocycles. The molecule has 0 saturated heterocycles. The fraction of sp³-hybridized carbons (Fsp3) is 0.632. The quantitative estimate of drug-likeness (QED) is 0.00879. The van der Waals surface area contributed by atoms with Crippen LogP contribution in [0.4, 0.5) is 23.5 Å². The first-order chi connectivity index (χ1) is 53.4. The molecule has 115 heavy (non-hydrogen) atoms. The first-order valence-electron chi connectivity index (χ1n) is 43.5. The minimum Gasteiger partial charge on any atom is -0.426 e. The average Bonchev–Trinajstić information content (AvgIpc) is 0.885. The maximum absolute atomic E-state index is 12.2. The highest BCUT2D eigenvalue weighted by Crippen LogP contribution is 2.39. The Bertz CT molecular complexity index is 2770. The van der Waals surface area contributed by atoms with E-state index in [2.05, 4.69) is 97.8 Å². The Morgan fingerprint density at radius 1 is 0.217 bits per heavy atom. The number of hydrogen-bond acceptors (Lipinski definition) is 15. The van der Waals surface area contributed by atoms with Crippen LogP contribution in [0.2, 0.25) is 0 Å². The van der Waals surface area contributed by atoms with Crippen LogP contribution in [0.3, 0.4) is 0 Å². The third-order valence-electron chi connectivity index (χ3n) is 23.5. The summed E-state index contributed by atoms with van der Waals surface area (Å²) in [7, 11) is 0. The molecule has 0 atom stereocenters. The van der Waals surface area contributed by atoms with Crippen LogP contribution in [0.5, 0.6) is 28.7 Å². The van der Waals surface area contributed by atoms with Gasteiger partial charge in [0.15, 0.2) is 0 Å². The van der Waals surface area contributed by atoms with E-state index >= 15 is 0 Å². The molecule has 0 spiro atoms. The van der Waals surface area contributed by atoms with E-state index in [1.54, 1.807) is 60.7 Å². The Kier molecular flexibility index (Phi) is 60.7. The molecular weight excluding hydrogens is 1560 g/mol. The van der Waals surface area contributed by atoms with Crippen molar-refractivity contribution in [3.05, 3.63) is 121 Å². The lowest BCUT2D eigenvalue weighted by Crippen LogP contribution is -2.25. The van der Waals surface area contributed by atoms with Gasteiger partial charge in [0.2, 0.25) is 0 Å². The van der Waals surface area contributed by atoms with Crippen molar-refractivity contribution in [3.63, 3.8) is 0 Å². The smallest absolute Gasteiger partial charge is 0.314 e. The van der Waals surface area contributed by atoms with E-state index in [1.165, 1.54) is 225 Å². The van der Waals surface area contributed by atoms with Crippen molar-refractivity contribution in [1.29, 1.82) is 0 Å². The molecule has 5 aliphatic carbocycles. The molecule has 5 fully saturated rings. The van der Waals surface area contributed by atoms with Gasteiger partial charge in [-0.25, -0.2) is 0 Å². The van der Waals surface area contributed by atoms with Gasteiger partial charge in [0.05, 0.1) is 29.6 Å². The first-order valence-corrected chi connectivity index (χ1v) is 45.7. The van der Waals surface area contributed by atoms with E-state index in [9.17, 15) is 24.0 Å². The second-order valence-electron chi connectivity index (χ2n) is 32.4. The number of benzene rings is 5. The zero-order chi connectivity index (χ0) is 78.9. The van der Waals surface area contributed by atoms with Gasteiger partial charge < -0.3 is 23.7 Å². The van der Waals surface area contributed by atoms with Crippen LogP contribution in [-0.4, -0.2) is 29.8 Å². The molecule has 0 aliphatic heterocycles. The van der Waals surface area contributed by atoms with Crippen molar-refractivity contribution in [2.24, 2.45) is 59.2 Å². The van der Waals surface area contributed by atoms with E-state index in [0.717, 1.165) is 118 Å². The number of halogens is 5. The largest absolute Gasteiger partial charge is 0.426 e. The molecule has 10 rings (SSSR count). The molecule has 0 N–H and O–H groups in total. The lowest BCUT2D eigenvalue weighted by molar-refractivity contribution is -0.141. The normalized spacial score (nSPS) is 20.6. The summed E-state index contributed by atoms with van der Waals surface area (Å²) in [6.07, 6.45) is 55.2. The van der Waals surface area contributed by atoms with Crippen LogP contribution in [0, 0.1) is 59.2 Å². The van der Waals surface area contributed by atoms with Gasteiger partial charge >= 0.3 is 29.8 Å². The monoisotopic (exact) mass is 1700 g/mol. The predicted molar refractivity (Wildman–Crippen MR) is 480 cm³/mol. The van der Waals surface area contributed by atoms with Gasteiger partial charge in [-0.1, -0.05) is 195 Å². The van der Waals surface area contributed by atoms with E-state index < -0.39 is 0 Å². The Morgan fingerprint density at radius 3 is 0.470 bits per heavy atom. The summed E-state index contributed by atoms with van der Waals surface area (Å²) in [5, 5.41) is 0. The van der Waals surface area contributed by atoms with Gasteiger partial charge in [0.25, 0.3) is 0 Å². The number of ether oxygens (including phenoxy) is 5. The molecule has 0 bridgehead atoms. The fourth-order valence-corrected chi connectivity index (χ4v) is 17.0. The molecule has 20 heteroatoms. The Morgan fingerprint density at radius 2 is 0.348 bits per heavy atom. The van der Waals surface area contributed by atoms with Gasteiger partial charge in [-0.15, -0.1) is 63.1 Å². The summed E-state index contributed by atoms with van der Waals surface area (Å²) in [4.78, 5) is 65.5. The van der Waals surface area contributed by atoms with Crippen LogP contribution in [-0.2, 0) is 24.0 Å². The van der Waals surface area contributed by atoms with E-state index in [-0.39, 0.29) is 83.0 Å². The highest BCUT2D eigenvalue weighted by atomic mass is 32.1. The molecular formula is C95H145F5O10S5. The standard InChI is InChI=1S/5C19H28O2S.5FH/c5*1-2-3-4-5-6-15-7-9-16(10-8-15)19(20)21-17-11-13-18(22)14-12-17;;;;;/h5*11-16,22H,2-10H2,1H3;5*1H. The van der Waals surface area contributed by atoms with Crippen LogP contribution in [0.1, 0.15) is 324 Å². The Balaban J connectivity index is 0.000000711. The zero-order valence-corrected chi connectivity index (χ0v) is 74.5. The predicted octanol–water partition coefficient (Wildman–Crippen LogP) is 29.1. The molecule has 0 radical (unpaired) electrons. The molecule has 5 aromatic rings. The molecule has 5 aliphatic rings. The topological polar surface area (TPSA) is 132 Å². The number of carbonyl (C=O) groups is 5. The van der Waals surface area contributed by atoms with Gasteiger partial charge in [-0.05, 0) is 279 Å². The number of hydrogen-bond donors (Lipinski definition) is 5. The summed E-state index contributed by atoms with van der Waals surface area (Å²) in [5.41, 5.74) is 0.